The van der Waals surface area contributed by atoms with Gasteiger partial charge in [0.15, 0.2) is 0 Å². The normalized spacial score (nSPS) is 42.2. The highest BCUT2D eigenvalue weighted by atomic mass is 32.2. The minimum Gasteiger partial charge on any atom is -0.393 e. The Labute approximate surface area is 104 Å². The topological polar surface area (TPSA) is 23.5 Å². The molecule has 1 saturated carbocycles. The molecule has 2 fully saturated rings. The fourth-order valence-electron chi connectivity index (χ4n) is 3.07. The van der Waals surface area contributed by atoms with Crippen LogP contribution in [0.4, 0.5) is 0 Å². The first-order chi connectivity index (χ1) is 7.65. The van der Waals surface area contributed by atoms with Crippen LogP contribution >= 0.6 is 11.8 Å². The van der Waals surface area contributed by atoms with Crippen molar-refractivity contribution < 1.29 is 5.11 Å². The molecule has 1 heterocycles. The van der Waals surface area contributed by atoms with E-state index >= 15 is 0 Å². The van der Waals surface area contributed by atoms with Crippen LogP contribution in [0.2, 0.25) is 0 Å². The van der Waals surface area contributed by atoms with Gasteiger partial charge >= 0.3 is 0 Å². The summed E-state index contributed by atoms with van der Waals surface area (Å²) in [6.45, 7) is 8.19. The van der Waals surface area contributed by atoms with Crippen LogP contribution in [0.1, 0.15) is 33.1 Å². The van der Waals surface area contributed by atoms with Gasteiger partial charge in [0.05, 0.1) is 6.10 Å². The molecule has 1 N–H and O–H groups in total. The lowest BCUT2D eigenvalue weighted by Gasteiger charge is -2.38. The van der Waals surface area contributed by atoms with Crippen molar-refractivity contribution in [1.82, 2.24) is 4.90 Å². The Morgan fingerprint density at radius 3 is 2.88 bits per heavy atom. The SMILES string of the molecule is CC1CCC(O)C(CN2CCSC(C)C2)C1. The molecule has 16 heavy (non-hydrogen) atoms. The van der Waals surface area contributed by atoms with E-state index in [1.54, 1.807) is 0 Å². The Morgan fingerprint density at radius 2 is 2.12 bits per heavy atom. The van der Waals surface area contributed by atoms with Crippen LogP contribution in [0.15, 0.2) is 0 Å². The van der Waals surface area contributed by atoms with Gasteiger partial charge in [-0.2, -0.15) is 11.8 Å². The number of aliphatic hydroxyl groups excluding tert-OH is 1. The third kappa shape index (κ3) is 3.38. The molecule has 1 saturated heterocycles. The van der Waals surface area contributed by atoms with Gasteiger partial charge in [-0.25, -0.2) is 0 Å². The fraction of sp³-hybridized carbons (Fsp3) is 1.00. The average molecular weight is 243 g/mol. The van der Waals surface area contributed by atoms with Gasteiger partial charge in [-0.1, -0.05) is 13.8 Å². The Balaban J connectivity index is 1.82. The van der Waals surface area contributed by atoms with Crippen LogP contribution in [-0.4, -0.2) is 46.7 Å². The zero-order valence-corrected chi connectivity index (χ0v) is 11.4. The Hall–Kier alpha value is 0.270. The predicted octanol–water partition coefficient (Wildman–Crippen LogP) is 2.22. The molecule has 0 aromatic carbocycles. The maximum Gasteiger partial charge on any atom is 0.0580 e. The van der Waals surface area contributed by atoms with Gasteiger partial charge in [0.25, 0.3) is 0 Å². The largest absolute Gasteiger partial charge is 0.393 e. The van der Waals surface area contributed by atoms with Crippen LogP contribution in [-0.2, 0) is 0 Å². The molecule has 2 aliphatic rings. The monoisotopic (exact) mass is 243 g/mol. The highest BCUT2D eigenvalue weighted by Crippen LogP contribution is 2.30. The molecule has 4 atom stereocenters. The molecule has 0 aromatic rings. The van der Waals surface area contributed by atoms with Crippen LogP contribution in [0.25, 0.3) is 0 Å². The molecule has 0 spiro atoms. The molecule has 3 heteroatoms. The maximum atomic E-state index is 10.1. The molecule has 2 rings (SSSR count). The molecule has 1 aliphatic carbocycles. The van der Waals surface area contributed by atoms with Crippen LogP contribution < -0.4 is 0 Å². The lowest BCUT2D eigenvalue weighted by atomic mass is 9.80. The summed E-state index contributed by atoms with van der Waals surface area (Å²) in [5.41, 5.74) is 0. The van der Waals surface area contributed by atoms with Gasteiger partial charge < -0.3 is 10.0 Å². The summed E-state index contributed by atoms with van der Waals surface area (Å²) in [6.07, 6.45) is 3.41. The zero-order chi connectivity index (χ0) is 11.5. The molecule has 1 aliphatic heterocycles. The highest BCUT2D eigenvalue weighted by Gasteiger charge is 2.29. The zero-order valence-electron chi connectivity index (χ0n) is 10.6. The van der Waals surface area contributed by atoms with Gasteiger partial charge in [0.1, 0.15) is 0 Å². The number of nitrogens with zero attached hydrogens (tertiary/aromatic N) is 1. The maximum absolute atomic E-state index is 10.1. The van der Waals surface area contributed by atoms with Gasteiger partial charge in [-0.3, -0.25) is 0 Å². The minimum absolute atomic E-state index is 0.0407. The van der Waals surface area contributed by atoms with E-state index in [0.29, 0.717) is 5.92 Å². The van der Waals surface area contributed by atoms with Crippen molar-refractivity contribution in [3.05, 3.63) is 0 Å². The smallest absolute Gasteiger partial charge is 0.0580 e. The van der Waals surface area contributed by atoms with Gasteiger partial charge in [-0.15, -0.1) is 0 Å². The standard InChI is InChI=1S/C13H25NOS/c1-10-3-4-13(15)12(7-10)9-14-5-6-16-11(2)8-14/h10-13,15H,3-9H2,1-2H3. The van der Waals surface area contributed by atoms with Gasteiger partial charge in [0.2, 0.25) is 0 Å². The fourth-order valence-corrected chi connectivity index (χ4v) is 4.15. The highest BCUT2D eigenvalue weighted by molar-refractivity contribution is 7.99. The lowest BCUT2D eigenvalue weighted by molar-refractivity contribution is 0.0313. The van der Waals surface area contributed by atoms with E-state index in [1.807, 2.05) is 0 Å². The first-order valence-electron chi connectivity index (χ1n) is 6.67. The minimum atomic E-state index is -0.0407. The van der Waals surface area contributed by atoms with Gasteiger partial charge in [-0.05, 0) is 31.1 Å². The molecule has 2 nitrogen and oxygen atoms in total. The summed E-state index contributed by atoms with van der Waals surface area (Å²) in [7, 11) is 0. The quantitative estimate of drug-likeness (QED) is 0.804. The molecular weight excluding hydrogens is 218 g/mol. The predicted molar refractivity (Wildman–Crippen MR) is 70.9 cm³/mol. The van der Waals surface area contributed by atoms with Crippen LogP contribution in [0.3, 0.4) is 0 Å². The molecular formula is C13H25NOS. The van der Waals surface area contributed by atoms with Crippen molar-refractivity contribution >= 4 is 11.8 Å². The molecule has 4 unspecified atom stereocenters. The second-order valence-corrected chi connectivity index (χ2v) is 7.23. The van der Waals surface area contributed by atoms with Crippen molar-refractivity contribution in [3.8, 4) is 0 Å². The summed E-state index contributed by atoms with van der Waals surface area (Å²) >= 11 is 2.08. The van der Waals surface area contributed by atoms with E-state index in [2.05, 4.69) is 30.5 Å². The molecule has 0 radical (unpaired) electrons. The second kappa shape index (κ2) is 5.74. The van der Waals surface area contributed by atoms with Crippen molar-refractivity contribution in [3.63, 3.8) is 0 Å². The first-order valence-corrected chi connectivity index (χ1v) is 7.72. The van der Waals surface area contributed by atoms with E-state index in [-0.39, 0.29) is 6.10 Å². The van der Waals surface area contributed by atoms with Crippen LogP contribution in [0, 0.1) is 11.8 Å². The van der Waals surface area contributed by atoms with E-state index < -0.39 is 0 Å². The Morgan fingerprint density at radius 1 is 1.31 bits per heavy atom. The van der Waals surface area contributed by atoms with Gasteiger partial charge in [0, 0.05) is 30.6 Å². The van der Waals surface area contributed by atoms with Crippen LogP contribution in [0.5, 0.6) is 0 Å². The second-order valence-electron chi connectivity index (χ2n) is 5.69. The lowest BCUT2D eigenvalue weighted by Crippen LogP contribution is -2.43. The molecule has 94 valence electrons. The summed E-state index contributed by atoms with van der Waals surface area (Å²) in [6, 6.07) is 0. The van der Waals surface area contributed by atoms with E-state index in [9.17, 15) is 5.11 Å². The summed E-state index contributed by atoms with van der Waals surface area (Å²) < 4.78 is 0. The number of aliphatic hydroxyl groups is 1. The Bertz CT molecular complexity index is 224. The molecule has 0 aromatic heterocycles. The molecule has 0 amide bonds. The summed E-state index contributed by atoms with van der Waals surface area (Å²) in [4.78, 5) is 2.56. The van der Waals surface area contributed by atoms with Crippen molar-refractivity contribution in [2.45, 2.75) is 44.5 Å². The van der Waals surface area contributed by atoms with Crippen molar-refractivity contribution in [1.29, 1.82) is 0 Å². The number of thioether (sulfide) groups is 1. The number of rotatable bonds is 2. The van der Waals surface area contributed by atoms with E-state index in [4.69, 9.17) is 0 Å². The third-order valence-electron chi connectivity index (χ3n) is 4.02. The third-order valence-corrected chi connectivity index (χ3v) is 5.16. The Kier molecular flexibility index (Phi) is 4.57. The average Bonchev–Trinajstić information content (AvgIpc) is 2.24. The number of hydrogen-bond donors (Lipinski definition) is 1. The number of hydrogen-bond acceptors (Lipinski definition) is 3. The first kappa shape index (κ1) is 12.7. The van der Waals surface area contributed by atoms with Crippen molar-refractivity contribution in [2.75, 3.05) is 25.4 Å². The summed E-state index contributed by atoms with van der Waals surface area (Å²) in [5.74, 6) is 2.60. The molecule has 0 bridgehead atoms. The van der Waals surface area contributed by atoms with E-state index in [0.717, 1.165) is 24.1 Å². The van der Waals surface area contributed by atoms with Crippen molar-refractivity contribution in [2.24, 2.45) is 11.8 Å². The summed E-state index contributed by atoms with van der Waals surface area (Å²) in [5, 5.41) is 10.8. The van der Waals surface area contributed by atoms with E-state index in [1.165, 1.54) is 31.7 Å².